The smallest absolute Gasteiger partial charge is 0.271 e. The minimum Gasteiger partial charge on any atom is -0.349 e. The summed E-state index contributed by atoms with van der Waals surface area (Å²) in [6, 6.07) is 10.7. The molecule has 3 rings (SSSR count). The Kier molecular flexibility index (Phi) is 5.23. The van der Waals surface area contributed by atoms with Crippen molar-refractivity contribution < 1.29 is 4.79 Å². The third kappa shape index (κ3) is 3.93. The number of aryl methyl sites for hydroxylation is 1. The summed E-state index contributed by atoms with van der Waals surface area (Å²) in [4.78, 5) is 28.3. The summed E-state index contributed by atoms with van der Waals surface area (Å²) >= 11 is 0. The molecule has 0 saturated heterocycles. The molecule has 2 aromatic heterocycles. The number of hydrogen-bond donors (Lipinski definition) is 1. The van der Waals surface area contributed by atoms with E-state index in [9.17, 15) is 9.59 Å². The van der Waals surface area contributed by atoms with E-state index in [1.54, 1.807) is 6.33 Å². The molecule has 130 valence electrons. The van der Waals surface area contributed by atoms with Crippen LogP contribution in [-0.2, 0) is 13.1 Å². The molecule has 0 aliphatic heterocycles. The summed E-state index contributed by atoms with van der Waals surface area (Å²) < 4.78 is 3.34. The standard InChI is InChI=1S/C18H21N5O2/c1-2-3-11-23-17(24)9-8-15(21-23)18(25)19-10-12-22-13-20-14-6-4-5-7-16(14)22/h4-9,13H,2-3,10-12H2,1H3,(H,19,25). The van der Waals surface area contributed by atoms with Crippen LogP contribution in [-0.4, -0.2) is 31.8 Å². The number of amides is 1. The van der Waals surface area contributed by atoms with Crippen molar-refractivity contribution >= 4 is 16.9 Å². The molecule has 7 nitrogen and oxygen atoms in total. The second kappa shape index (κ2) is 7.74. The summed E-state index contributed by atoms with van der Waals surface area (Å²) in [5.74, 6) is -0.283. The van der Waals surface area contributed by atoms with Crippen molar-refractivity contribution in [2.45, 2.75) is 32.9 Å². The molecule has 1 N–H and O–H groups in total. The summed E-state index contributed by atoms with van der Waals surface area (Å²) in [6.45, 7) is 3.63. The maximum absolute atomic E-state index is 12.3. The number of para-hydroxylation sites is 2. The van der Waals surface area contributed by atoms with Gasteiger partial charge in [0.1, 0.15) is 5.69 Å². The lowest BCUT2D eigenvalue weighted by molar-refractivity contribution is 0.0944. The van der Waals surface area contributed by atoms with Crippen LogP contribution in [0.2, 0.25) is 0 Å². The Balaban J connectivity index is 1.62. The van der Waals surface area contributed by atoms with Gasteiger partial charge in [-0.25, -0.2) is 9.67 Å². The van der Waals surface area contributed by atoms with Gasteiger partial charge in [0.2, 0.25) is 0 Å². The predicted octanol–water partition coefficient (Wildman–Crippen LogP) is 1.82. The second-order valence-electron chi connectivity index (χ2n) is 5.82. The van der Waals surface area contributed by atoms with E-state index < -0.39 is 0 Å². The zero-order valence-corrected chi connectivity index (χ0v) is 14.2. The van der Waals surface area contributed by atoms with Crippen molar-refractivity contribution in [1.29, 1.82) is 0 Å². The molecule has 0 atom stereocenters. The molecule has 0 radical (unpaired) electrons. The molecular formula is C18H21N5O2. The average Bonchev–Trinajstić information content (AvgIpc) is 3.04. The minimum atomic E-state index is -0.283. The number of nitrogens with zero attached hydrogens (tertiary/aromatic N) is 4. The zero-order chi connectivity index (χ0) is 17.6. The third-order valence-corrected chi connectivity index (χ3v) is 3.99. The molecule has 0 spiro atoms. The Hall–Kier alpha value is -2.96. The highest BCUT2D eigenvalue weighted by Crippen LogP contribution is 2.11. The number of carbonyl (C=O) groups excluding carboxylic acids is 1. The van der Waals surface area contributed by atoms with Crippen LogP contribution in [0.15, 0.2) is 47.5 Å². The highest BCUT2D eigenvalue weighted by atomic mass is 16.2. The van der Waals surface area contributed by atoms with Crippen molar-refractivity contribution in [3.63, 3.8) is 0 Å². The fourth-order valence-electron chi connectivity index (χ4n) is 2.61. The maximum atomic E-state index is 12.3. The van der Waals surface area contributed by atoms with E-state index >= 15 is 0 Å². The minimum absolute atomic E-state index is 0.185. The van der Waals surface area contributed by atoms with Crippen LogP contribution in [0.3, 0.4) is 0 Å². The molecule has 0 fully saturated rings. The zero-order valence-electron chi connectivity index (χ0n) is 14.2. The van der Waals surface area contributed by atoms with Crippen LogP contribution in [0, 0.1) is 0 Å². The number of fused-ring (bicyclic) bond motifs is 1. The van der Waals surface area contributed by atoms with E-state index in [1.165, 1.54) is 16.8 Å². The van der Waals surface area contributed by atoms with Crippen LogP contribution in [0.1, 0.15) is 30.3 Å². The number of carbonyl (C=O) groups is 1. The fraction of sp³-hybridized carbons (Fsp3) is 0.333. The number of aromatic nitrogens is 4. The molecule has 1 amide bonds. The largest absolute Gasteiger partial charge is 0.349 e. The number of hydrogen-bond acceptors (Lipinski definition) is 4. The lowest BCUT2D eigenvalue weighted by atomic mass is 10.3. The molecule has 7 heteroatoms. The van der Waals surface area contributed by atoms with Gasteiger partial charge in [-0.05, 0) is 24.6 Å². The van der Waals surface area contributed by atoms with E-state index in [0.29, 0.717) is 19.6 Å². The van der Waals surface area contributed by atoms with E-state index in [-0.39, 0.29) is 17.2 Å². The molecule has 0 aliphatic carbocycles. The molecule has 0 aliphatic rings. The van der Waals surface area contributed by atoms with Crippen molar-refractivity contribution in [2.75, 3.05) is 6.54 Å². The van der Waals surface area contributed by atoms with E-state index in [2.05, 4.69) is 15.4 Å². The summed E-state index contributed by atoms with van der Waals surface area (Å²) in [5, 5.41) is 6.99. The van der Waals surface area contributed by atoms with Crippen LogP contribution in [0.25, 0.3) is 11.0 Å². The van der Waals surface area contributed by atoms with Gasteiger partial charge in [0.25, 0.3) is 11.5 Å². The van der Waals surface area contributed by atoms with Gasteiger partial charge >= 0.3 is 0 Å². The van der Waals surface area contributed by atoms with E-state index in [1.807, 2.05) is 35.8 Å². The number of unbranched alkanes of at least 4 members (excludes halogenated alkanes) is 1. The Morgan fingerprint density at radius 2 is 2.00 bits per heavy atom. The first-order valence-electron chi connectivity index (χ1n) is 8.45. The van der Waals surface area contributed by atoms with Crippen molar-refractivity contribution in [2.24, 2.45) is 0 Å². The van der Waals surface area contributed by atoms with E-state index in [4.69, 9.17) is 0 Å². The van der Waals surface area contributed by atoms with E-state index in [0.717, 1.165) is 23.9 Å². The number of rotatable bonds is 7. The molecule has 1 aromatic carbocycles. The predicted molar refractivity (Wildman–Crippen MR) is 95.5 cm³/mol. The summed E-state index contributed by atoms with van der Waals surface area (Å²) in [6.07, 6.45) is 3.58. The molecule has 3 aromatic rings. The van der Waals surface area contributed by atoms with Gasteiger partial charge in [-0.1, -0.05) is 25.5 Å². The van der Waals surface area contributed by atoms with Crippen LogP contribution >= 0.6 is 0 Å². The topological polar surface area (TPSA) is 81.8 Å². The Bertz CT molecular complexity index is 928. The van der Waals surface area contributed by atoms with Gasteiger partial charge in [-0.15, -0.1) is 0 Å². The number of nitrogens with one attached hydrogen (secondary N) is 1. The van der Waals surface area contributed by atoms with Gasteiger partial charge in [0, 0.05) is 25.7 Å². The average molecular weight is 339 g/mol. The first kappa shape index (κ1) is 16.9. The Morgan fingerprint density at radius 3 is 2.84 bits per heavy atom. The van der Waals surface area contributed by atoms with Crippen molar-refractivity contribution in [3.8, 4) is 0 Å². The Morgan fingerprint density at radius 1 is 1.16 bits per heavy atom. The number of imidazole rings is 1. The van der Waals surface area contributed by atoms with Gasteiger partial charge in [-0.2, -0.15) is 5.10 Å². The van der Waals surface area contributed by atoms with Crippen molar-refractivity contribution in [1.82, 2.24) is 24.6 Å². The SMILES string of the molecule is CCCCn1nc(C(=O)NCCn2cnc3ccccc32)ccc1=O. The molecule has 0 unspecified atom stereocenters. The summed E-state index contributed by atoms with van der Waals surface area (Å²) in [7, 11) is 0. The third-order valence-electron chi connectivity index (χ3n) is 3.99. The first-order valence-corrected chi connectivity index (χ1v) is 8.45. The van der Waals surface area contributed by atoms with Crippen LogP contribution in [0.4, 0.5) is 0 Å². The van der Waals surface area contributed by atoms with Gasteiger partial charge in [0.05, 0.1) is 17.4 Å². The molecule has 25 heavy (non-hydrogen) atoms. The maximum Gasteiger partial charge on any atom is 0.271 e. The van der Waals surface area contributed by atoms with Crippen molar-refractivity contribution in [3.05, 3.63) is 58.8 Å². The lowest BCUT2D eigenvalue weighted by Gasteiger charge is -2.08. The summed E-state index contributed by atoms with van der Waals surface area (Å²) in [5.41, 5.74) is 2.03. The van der Waals surface area contributed by atoms with Crippen LogP contribution < -0.4 is 10.9 Å². The van der Waals surface area contributed by atoms with Gasteiger partial charge < -0.3 is 9.88 Å². The monoisotopic (exact) mass is 339 g/mol. The highest BCUT2D eigenvalue weighted by Gasteiger charge is 2.09. The van der Waals surface area contributed by atoms with Gasteiger partial charge in [-0.3, -0.25) is 9.59 Å². The molecule has 0 bridgehead atoms. The van der Waals surface area contributed by atoms with Crippen LogP contribution in [0.5, 0.6) is 0 Å². The first-order chi connectivity index (χ1) is 12.2. The Labute approximate surface area is 145 Å². The molecular weight excluding hydrogens is 318 g/mol. The highest BCUT2D eigenvalue weighted by molar-refractivity contribution is 5.91. The fourth-order valence-corrected chi connectivity index (χ4v) is 2.61. The quantitative estimate of drug-likeness (QED) is 0.712. The second-order valence-corrected chi connectivity index (χ2v) is 5.82. The number of benzene rings is 1. The molecule has 0 saturated carbocycles. The molecule has 2 heterocycles. The lowest BCUT2D eigenvalue weighted by Crippen LogP contribution is -2.31. The van der Waals surface area contributed by atoms with Gasteiger partial charge in [0.15, 0.2) is 0 Å². The normalized spacial score (nSPS) is 10.9.